The highest BCUT2D eigenvalue weighted by molar-refractivity contribution is 7.14. The molecule has 0 spiro atoms. The SMILES string of the molecule is C=C=[Si](C)[SiH2]C[SiH](C)O. The Morgan fingerprint density at radius 1 is 1.89 bits per heavy atom. The summed E-state index contributed by atoms with van der Waals surface area (Å²) in [5.74, 6) is 0. The van der Waals surface area contributed by atoms with Gasteiger partial charge in [-0.05, 0) is 12.2 Å². The molecule has 1 N–H and O–H groups in total. The normalized spacial score (nSPS) is 13.7. The molecule has 0 aliphatic rings. The molecule has 0 aromatic carbocycles. The van der Waals surface area contributed by atoms with Crippen molar-refractivity contribution in [1.82, 2.24) is 0 Å². The van der Waals surface area contributed by atoms with Crippen molar-refractivity contribution in [2.75, 3.05) is 0 Å². The highest BCUT2D eigenvalue weighted by atomic mass is 29.2. The van der Waals surface area contributed by atoms with Crippen LogP contribution in [0.3, 0.4) is 0 Å². The largest absolute Gasteiger partial charge is 0.435 e. The molecule has 0 aromatic rings. The Morgan fingerprint density at radius 2 is 2.44 bits per heavy atom. The molecule has 0 fully saturated rings. The summed E-state index contributed by atoms with van der Waals surface area (Å²) in [7, 11) is -1.46. The van der Waals surface area contributed by atoms with Gasteiger partial charge in [0.25, 0.3) is 0 Å². The van der Waals surface area contributed by atoms with Crippen LogP contribution in [0.25, 0.3) is 0 Å². The Balaban J connectivity index is 3.40. The van der Waals surface area contributed by atoms with Gasteiger partial charge in [0.2, 0.25) is 0 Å². The molecule has 0 saturated carbocycles. The summed E-state index contributed by atoms with van der Waals surface area (Å²) < 4.78 is 0. The van der Waals surface area contributed by atoms with Gasteiger partial charge in [-0.25, -0.2) is 0 Å². The summed E-state index contributed by atoms with van der Waals surface area (Å²) in [5.41, 5.74) is 1.17. The zero-order chi connectivity index (χ0) is 7.28. The molecule has 0 aliphatic carbocycles. The minimum atomic E-state index is -1.22. The highest BCUT2D eigenvalue weighted by Crippen LogP contribution is 1.82. The van der Waals surface area contributed by atoms with E-state index in [0.717, 1.165) is 0 Å². The van der Waals surface area contributed by atoms with Crippen LogP contribution in [0, 0.1) is 0 Å². The monoisotopic (exact) mass is 174 g/mol. The Labute approximate surface area is 62.0 Å². The van der Waals surface area contributed by atoms with E-state index in [4.69, 9.17) is 4.80 Å². The average Bonchev–Trinajstić information content (AvgIpc) is 1.83. The predicted molar refractivity (Wildman–Crippen MR) is 50.8 cm³/mol. The van der Waals surface area contributed by atoms with E-state index in [0.29, 0.717) is 0 Å². The summed E-state index contributed by atoms with van der Waals surface area (Å²) in [5, 5.41) is 3.04. The fourth-order valence-corrected chi connectivity index (χ4v) is 12.3. The van der Waals surface area contributed by atoms with Gasteiger partial charge in [0.15, 0.2) is 9.04 Å². The second-order valence-corrected chi connectivity index (χ2v) is 13.4. The Kier molecular flexibility index (Phi) is 5.22. The molecular formula is C5H14OSi3. The molecule has 1 atom stereocenters. The van der Waals surface area contributed by atoms with Crippen molar-refractivity contribution in [2.24, 2.45) is 0 Å². The van der Waals surface area contributed by atoms with Crippen molar-refractivity contribution in [2.45, 2.75) is 18.8 Å². The molecule has 52 valence electrons. The second kappa shape index (κ2) is 5.08. The lowest BCUT2D eigenvalue weighted by atomic mass is 11.3. The number of rotatable bonds is 3. The van der Waals surface area contributed by atoms with E-state index in [1.54, 1.807) is 0 Å². The average molecular weight is 174 g/mol. The standard InChI is InChI=1S/C5H14OSi3/c1-4-9(3)7-5-8(2)6/h6,8H,1,5,7H2,2-3H3. The zero-order valence-corrected chi connectivity index (χ0v) is 9.71. The van der Waals surface area contributed by atoms with Crippen molar-refractivity contribution < 1.29 is 4.80 Å². The topological polar surface area (TPSA) is 20.2 Å². The first-order valence-corrected chi connectivity index (χ1v) is 11.0. The van der Waals surface area contributed by atoms with Crippen LogP contribution >= 0.6 is 0 Å². The van der Waals surface area contributed by atoms with Gasteiger partial charge in [-0.1, -0.05) is 13.1 Å². The molecule has 1 nitrogen and oxygen atoms in total. The summed E-state index contributed by atoms with van der Waals surface area (Å²) in [6, 6.07) is 0. The minimum Gasteiger partial charge on any atom is -0.435 e. The van der Waals surface area contributed by atoms with Crippen LogP contribution in [0.2, 0.25) is 18.8 Å². The van der Waals surface area contributed by atoms with Crippen molar-refractivity contribution in [3.63, 3.8) is 0 Å². The van der Waals surface area contributed by atoms with E-state index in [1.807, 2.05) is 6.55 Å². The van der Waals surface area contributed by atoms with Gasteiger partial charge in [-0.2, -0.15) is 5.33 Å². The first kappa shape index (κ1) is 9.26. The van der Waals surface area contributed by atoms with Crippen LogP contribution < -0.4 is 0 Å². The van der Waals surface area contributed by atoms with Crippen molar-refractivity contribution >= 4 is 31.3 Å². The number of hydrogen-bond acceptors (Lipinski definition) is 1. The summed E-state index contributed by atoms with van der Waals surface area (Å²) in [6.45, 7) is 7.86. The van der Waals surface area contributed by atoms with E-state index in [-0.39, 0.29) is 17.0 Å². The lowest BCUT2D eigenvalue weighted by molar-refractivity contribution is 0.584. The molecule has 0 aliphatic heterocycles. The first-order chi connectivity index (χ1) is 4.16. The van der Waals surface area contributed by atoms with Gasteiger partial charge in [0.05, 0.1) is 0 Å². The third kappa shape index (κ3) is 6.14. The van der Waals surface area contributed by atoms with Gasteiger partial charge in [-0.3, -0.25) is 0 Å². The maximum Gasteiger partial charge on any atom is 0.166 e. The van der Waals surface area contributed by atoms with Gasteiger partial charge in [-0.15, -0.1) is 0 Å². The fourth-order valence-electron chi connectivity index (χ4n) is 0.514. The highest BCUT2D eigenvalue weighted by Gasteiger charge is 1.98. The molecule has 1 unspecified atom stereocenters. The minimum absolute atomic E-state index is 0.0282. The fraction of sp³-hybridized carbons (Fsp3) is 0.600. The van der Waals surface area contributed by atoms with E-state index >= 15 is 0 Å². The smallest absolute Gasteiger partial charge is 0.166 e. The molecule has 0 rings (SSSR count). The summed E-state index contributed by atoms with van der Waals surface area (Å²) >= 11 is 0. The van der Waals surface area contributed by atoms with Crippen LogP contribution in [0.5, 0.6) is 0 Å². The Morgan fingerprint density at radius 3 is 2.78 bits per heavy atom. The molecule has 0 aromatic heterocycles. The molecule has 0 bridgehead atoms. The second-order valence-electron chi connectivity index (χ2n) is 2.34. The van der Waals surface area contributed by atoms with Crippen molar-refractivity contribution in [1.29, 1.82) is 0 Å². The molecule has 0 saturated heterocycles. The van der Waals surface area contributed by atoms with Crippen LogP contribution in [-0.2, 0) is 0 Å². The maximum atomic E-state index is 9.04. The Bertz CT molecular complexity index is 126. The Hall–Kier alpha value is 0.261. The van der Waals surface area contributed by atoms with E-state index in [9.17, 15) is 0 Å². The molecule has 4 heteroatoms. The van der Waals surface area contributed by atoms with Gasteiger partial charge < -0.3 is 4.80 Å². The predicted octanol–water partition coefficient (Wildman–Crippen LogP) is -0.751. The molecule has 9 heavy (non-hydrogen) atoms. The molecular weight excluding hydrogens is 160 g/mol. The van der Waals surface area contributed by atoms with Gasteiger partial charge in [0, 0.05) is 17.0 Å². The number of hydrogen-bond donors (Lipinski definition) is 1. The van der Waals surface area contributed by atoms with Crippen LogP contribution in [0.1, 0.15) is 0 Å². The van der Waals surface area contributed by atoms with Gasteiger partial charge >= 0.3 is 0 Å². The van der Waals surface area contributed by atoms with Crippen LogP contribution in [0.4, 0.5) is 0 Å². The lowest BCUT2D eigenvalue weighted by Crippen LogP contribution is -2.17. The third-order valence-electron chi connectivity index (χ3n) is 1.24. The molecule has 0 heterocycles. The first-order valence-electron chi connectivity index (χ1n) is 3.20. The lowest BCUT2D eigenvalue weighted by Gasteiger charge is -1.96. The molecule has 0 radical (unpaired) electrons. The zero-order valence-electron chi connectivity index (χ0n) is 6.15. The summed E-state index contributed by atoms with van der Waals surface area (Å²) in [4.78, 5) is 9.04. The molecule has 0 amide bonds. The van der Waals surface area contributed by atoms with Crippen LogP contribution in [0.15, 0.2) is 6.58 Å². The van der Waals surface area contributed by atoms with Crippen LogP contribution in [-0.4, -0.2) is 36.1 Å². The van der Waals surface area contributed by atoms with Crippen molar-refractivity contribution in [3.8, 4) is 0 Å². The van der Waals surface area contributed by atoms with E-state index in [2.05, 4.69) is 18.5 Å². The van der Waals surface area contributed by atoms with Gasteiger partial charge in [0.1, 0.15) is 0 Å². The van der Waals surface area contributed by atoms with E-state index in [1.165, 1.54) is 5.67 Å². The van der Waals surface area contributed by atoms with E-state index < -0.39 is 9.04 Å². The van der Waals surface area contributed by atoms with Crippen molar-refractivity contribution in [3.05, 3.63) is 6.58 Å². The maximum absolute atomic E-state index is 9.04. The third-order valence-corrected chi connectivity index (χ3v) is 12.7. The summed E-state index contributed by atoms with van der Waals surface area (Å²) in [6.07, 6.45) is 0. The quantitative estimate of drug-likeness (QED) is 0.558.